The first kappa shape index (κ1) is 20.4. The van der Waals surface area contributed by atoms with Crippen molar-refractivity contribution in [1.29, 1.82) is 0 Å². The first-order valence-electron chi connectivity index (χ1n) is 7.83. The lowest BCUT2D eigenvalue weighted by Crippen LogP contribution is -2.27. The van der Waals surface area contributed by atoms with E-state index in [1.807, 2.05) is 27.7 Å². The molecule has 0 aliphatic heterocycles. The number of carbonyl (C=O) groups is 2. The third-order valence-corrected chi connectivity index (χ3v) is 3.39. The van der Waals surface area contributed by atoms with Crippen molar-refractivity contribution in [3.63, 3.8) is 0 Å². The molecule has 0 atom stereocenters. The molecule has 0 aliphatic rings. The first-order valence-corrected chi connectivity index (χ1v) is 7.83. The summed E-state index contributed by atoms with van der Waals surface area (Å²) in [6.07, 6.45) is 8.11. The quantitative estimate of drug-likeness (QED) is 0.323. The molecule has 0 radical (unpaired) electrons. The zero-order valence-electron chi connectivity index (χ0n) is 14.4. The van der Waals surface area contributed by atoms with Crippen LogP contribution in [0.15, 0.2) is 25.3 Å². The number of carbonyl (C=O) groups excluding carboxylic acids is 2. The molecule has 0 aromatic rings. The standard InChI is InChI=1S/C18H30O4/c1-7-15(19)21-17(3,4)13-11-9-10-12-14-18(5,6)22-16(20)8-2/h7-8H,1-2,9-14H2,3-6H3. The minimum Gasteiger partial charge on any atom is -0.457 e. The van der Waals surface area contributed by atoms with E-state index in [0.717, 1.165) is 38.5 Å². The topological polar surface area (TPSA) is 52.6 Å². The number of unbranched alkanes of at least 4 members (excludes halogenated alkanes) is 3. The molecule has 0 aromatic carbocycles. The van der Waals surface area contributed by atoms with Crippen molar-refractivity contribution in [2.75, 3.05) is 0 Å². The van der Waals surface area contributed by atoms with Crippen molar-refractivity contribution < 1.29 is 19.1 Å². The molecule has 0 rings (SSSR count). The van der Waals surface area contributed by atoms with Crippen molar-refractivity contribution in [2.24, 2.45) is 0 Å². The van der Waals surface area contributed by atoms with Gasteiger partial charge in [-0.05, 0) is 53.4 Å². The fourth-order valence-electron chi connectivity index (χ4n) is 2.19. The van der Waals surface area contributed by atoms with E-state index in [4.69, 9.17) is 9.47 Å². The van der Waals surface area contributed by atoms with Gasteiger partial charge in [-0.2, -0.15) is 0 Å². The number of hydrogen-bond acceptors (Lipinski definition) is 4. The summed E-state index contributed by atoms with van der Waals surface area (Å²) in [5.41, 5.74) is -0.909. The Bertz CT molecular complexity index is 356. The molecule has 0 bridgehead atoms. The minimum atomic E-state index is -0.454. The van der Waals surface area contributed by atoms with Crippen LogP contribution in [0.3, 0.4) is 0 Å². The highest BCUT2D eigenvalue weighted by Crippen LogP contribution is 2.22. The highest BCUT2D eigenvalue weighted by molar-refractivity contribution is 5.81. The van der Waals surface area contributed by atoms with Gasteiger partial charge in [-0.15, -0.1) is 0 Å². The lowest BCUT2D eigenvalue weighted by molar-refractivity contribution is -0.152. The van der Waals surface area contributed by atoms with E-state index >= 15 is 0 Å². The molecule has 0 saturated carbocycles. The van der Waals surface area contributed by atoms with Crippen molar-refractivity contribution >= 4 is 11.9 Å². The van der Waals surface area contributed by atoms with Gasteiger partial charge in [0.05, 0.1) is 0 Å². The maximum atomic E-state index is 11.2. The smallest absolute Gasteiger partial charge is 0.330 e. The van der Waals surface area contributed by atoms with Crippen LogP contribution >= 0.6 is 0 Å². The summed E-state index contributed by atoms with van der Waals surface area (Å²) >= 11 is 0. The zero-order chi connectivity index (χ0) is 17.2. The molecule has 22 heavy (non-hydrogen) atoms. The van der Waals surface area contributed by atoms with Crippen LogP contribution in [0.4, 0.5) is 0 Å². The maximum Gasteiger partial charge on any atom is 0.330 e. The molecule has 0 saturated heterocycles. The van der Waals surface area contributed by atoms with Crippen molar-refractivity contribution in [2.45, 2.75) is 77.4 Å². The summed E-state index contributed by atoms with van der Waals surface area (Å²) < 4.78 is 10.6. The number of ether oxygens (including phenoxy) is 2. The minimum absolute atomic E-state index is 0.379. The van der Waals surface area contributed by atoms with Gasteiger partial charge in [-0.3, -0.25) is 0 Å². The second kappa shape index (κ2) is 9.44. The van der Waals surface area contributed by atoms with Crippen molar-refractivity contribution in [1.82, 2.24) is 0 Å². The van der Waals surface area contributed by atoms with E-state index < -0.39 is 11.2 Å². The summed E-state index contributed by atoms with van der Waals surface area (Å²) in [5.74, 6) is -0.758. The third kappa shape index (κ3) is 10.2. The number of rotatable bonds is 11. The van der Waals surface area contributed by atoms with Gasteiger partial charge in [-0.25, -0.2) is 9.59 Å². The zero-order valence-corrected chi connectivity index (χ0v) is 14.4. The molecule has 0 aromatic heterocycles. The van der Waals surface area contributed by atoms with Crippen LogP contribution in [0.2, 0.25) is 0 Å². The molecule has 0 N–H and O–H groups in total. The Morgan fingerprint density at radius 2 is 1.09 bits per heavy atom. The van der Waals surface area contributed by atoms with E-state index in [1.165, 1.54) is 12.2 Å². The van der Waals surface area contributed by atoms with Gasteiger partial charge in [-0.1, -0.05) is 26.0 Å². The maximum absolute atomic E-state index is 11.2. The molecule has 0 fully saturated rings. The predicted molar refractivity (Wildman–Crippen MR) is 88.4 cm³/mol. The van der Waals surface area contributed by atoms with Gasteiger partial charge in [0.15, 0.2) is 0 Å². The van der Waals surface area contributed by atoms with Crippen molar-refractivity contribution in [3.8, 4) is 0 Å². The van der Waals surface area contributed by atoms with E-state index in [9.17, 15) is 9.59 Å². The van der Waals surface area contributed by atoms with Crippen LogP contribution in [-0.2, 0) is 19.1 Å². The Morgan fingerprint density at radius 1 is 0.773 bits per heavy atom. The molecule has 0 unspecified atom stereocenters. The molecule has 0 spiro atoms. The molecule has 4 heteroatoms. The fourth-order valence-corrected chi connectivity index (χ4v) is 2.19. The average molecular weight is 310 g/mol. The largest absolute Gasteiger partial charge is 0.457 e. The molecule has 126 valence electrons. The highest BCUT2D eigenvalue weighted by atomic mass is 16.6. The highest BCUT2D eigenvalue weighted by Gasteiger charge is 2.22. The Morgan fingerprint density at radius 3 is 1.36 bits per heavy atom. The van der Waals surface area contributed by atoms with Crippen LogP contribution in [0.25, 0.3) is 0 Å². The van der Waals surface area contributed by atoms with E-state index in [2.05, 4.69) is 13.2 Å². The molecule has 4 nitrogen and oxygen atoms in total. The van der Waals surface area contributed by atoms with E-state index in [-0.39, 0.29) is 11.9 Å². The van der Waals surface area contributed by atoms with Gasteiger partial charge >= 0.3 is 11.9 Å². The summed E-state index contributed by atoms with van der Waals surface area (Å²) in [6.45, 7) is 14.4. The SMILES string of the molecule is C=CC(=O)OC(C)(C)CCCCCCC(C)(C)OC(=O)C=C. The molecular formula is C18H30O4. The second-order valence-electron chi connectivity index (χ2n) is 6.68. The molecule has 0 aliphatic carbocycles. The Labute approximate surface area is 134 Å². The summed E-state index contributed by atoms with van der Waals surface area (Å²) in [7, 11) is 0. The van der Waals surface area contributed by atoms with Crippen LogP contribution < -0.4 is 0 Å². The molecular weight excluding hydrogens is 280 g/mol. The molecule has 0 heterocycles. The summed E-state index contributed by atoms with van der Waals surface area (Å²) in [6, 6.07) is 0. The lowest BCUT2D eigenvalue weighted by Gasteiger charge is -2.25. The fraction of sp³-hybridized carbons (Fsp3) is 0.667. The van der Waals surface area contributed by atoms with Crippen molar-refractivity contribution in [3.05, 3.63) is 25.3 Å². The van der Waals surface area contributed by atoms with Gasteiger partial charge < -0.3 is 9.47 Å². The summed E-state index contributed by atoms with van der Waals surface area (Å²) in [4.78, 5) is 22.4. The Hall–Kier alpha value is -1.58. The Kier molecular flexibility index (Phi) is 8.76. The van der Waals surface area contributed by atoms with Gasteiger partial charge in [0.1, 0.15) is 11.2 Å². The normalized spacial score (nSPS) is 11.6. The third-order valence-electron chi connectivity index (χ3n) is 3.39. The van der Waals surface area contributed by atoms with E-state index in [1.54, 1.807) is 0 Å². The second-order valence-corrected chi connectivity index (χ2v) is 6.68. The lowest BCUT2D eigenvalue weighted by atomic mass is 9.96. The van der Waals surface area contributed by atoms with Gasteiger partial charge in [0.25, 0.3) is 0 Å². The number of hydrogen-bond donors (Lipinski definition) is 0. The average Bonchev–Trinajstić information content (AvgIpc) is 2.41. The summed E-state index contributed by atoms with van der Waals surface area (Å²) in [5, 5.41) is 0. The van der Waals surface area contributed by atoms with Crippen LogP contribution in [0, 0.1) is 0 Å². The van der Waals surface area contributed by atoms with Crippen LogP contribution in [-0.4, -0.2) is 23.1 Å². The first-order chi connectivity index (χ1) is 10.1. The number of esters is 2. The van der Waals surface area contributed by atoms with Crippen LogP contribution in [0.1, 0.15) is 66.2 Å². The van der Waals surface area contributed by atoms with Gasteiger partial charge in [0.2, 0.25) is 0 Å². The Balaban J connectivity index is 3.85. The monoisotopic (exact) mass is 310 g/mol. The predicted octanol–water partition coefficient (Wildman–Crippen LogP) is 4.34. The van der Waals surface area contributed by atoms with E-state index in [0.29, 0.717) is 0 Å². The van der Waals surface area contributed by atoms with Crippen LogP contribution in [0.5, 0.6) is 0 Å². The van der Waals surface area contributed by atoms with Gasteiger partial charge in [0, 0.05) is 12.2 Å². The molecule has 0 amide bonds.